The van der Waals surface area contributed by atoms with Crippen molar-refractivity contribution in [3.8, 4) is 0 Å². The van der Waals surface area contributed by atoms with Crippen molar-refractivity contribution in [2.45, 2.75) is 112 Å². The fourth-order valence-corrected chi connectivity index (χ4v) is 15.8. The lowest BCUT2D eigenvalue weighted by Gasteiger charge is -2.73. The Labute approximate surface area is 321 Å². The van der Waals surface area contributed by atoms with E-state index in [9.17, 15) is 18.7 Å². The summed E-state index contributed by atoms with van der Waals surface area (Å²) in [5.74, 6) is 3.37. The summed E-state index contributed by atoms with van der Waals surface area (Å²) in [6.07, 6.45) is 13.0. The standard InChI is InChI=1S/C45H68N2O5S/c1-30(2)34-16-21-45(47(31(3)48)25-24-46-26-28-53(50,51)29-27-46)23-22-43(7)36(39(34)45)14-15-38-42(6)19-17-35(32-10-12-33(13-11-32)40(49)52-9)41(4,5)37(42)18-20-44(38,43)8/h10-13,17,34,36-39,50-51H,1,14-16,18-29H2,2-9H3/t34-,36+,37-,38+,39+,42-,43+,44+,45-/m0/s1. The van der Waals surface area contributed by atoms with Gasteiger partial charge in [0.25, 0.3) is 0 Å². The predicted octanol–water partition coefficient (Wildman–Crippen LogP) is 9.79. The molecule has 1 heterocycles. The molecule has 0 unspecified atom stereocenters. The number of rotatable bonds is 7. The lowest BCUT2D eigenvalue weighted by Crippen LogP contribution is -2.69. The van der Waals surface area contributed by atoms with Gasteiger partial charge in [0.05, 0.1) is 24.2 Å². The molecule has 1 saturated heterocycles. The van der Waals surface area contributed by atoms with Gasteiger partial charge in [0.15, 0.2) is 0 Å². The average Bonchev–Trinajstić information content (AvgIpc) is 3.49. The first-order valence-corrected chi connectivity index (χ1v) is 22.5. The number of methoxy groups -OCH3 is 1. The van der Waals surface area contributed by atoms with Gasteiger partial charge in [-0.1, -0.05) is 65.0 Å². The van der Waals surface area contributed by atoms with Gasteiger partial charge in [-0.25, -0.2) is 4.79 Å². The number of allylic oxidation sites excluding steroid dienone is 3. The first kappa shape index (κ1) is 39.1. The van der Waals surface area contributed by atoms with E-state index in [0.717, 1.165) is 38.6 Å². The smallest absolute Gasteiger partial charge is 0.337 e. The van der Waals surface area contributed by atoms with E-state index in [0.29, 0.717) is 66.3 Å². The molecule has 7 rings (SSSR count). The number of carbonyl (C=O) groups excluding carboxylic acids is 2. The topological polar surface area (TPSA) is 90.3 Å². The second-order valence-corrected chi connectivity index (χ2v) is 22.0. The summed E-state index contributed by atoms with van der Waals surface area (Å²) in [6.45, 7) is 24.5. The maximum absolute atomic E-state index is 13.8. The molecule has 7 nitrogen and oxygen atoms in total. The van der Waals surface area contributed by atoms with Gasteiger partial charge < -0.3 is 9.64 Å². The van der Waals surface area contributed by atoms with Gasteiger partial charge in [0.2, 0.25) is 5.91 Å². The van der Waals surface area contributed by atoms with Crippen molar-refractivity contribution in [1.82, 2.24) is 9.80 Å². The van der Waals surface area contributed by atoms with Crippen LogP contribution in [-0.4, -0.2) is 81.1 Å². The molecule has 5 aliphatic carbocycles. The van der Waals surface area contributed by atoms with E-state index in [1.165, 1.54) is 49.5 Å². The molecule has 8 heteroatoms. The van der Waals surface area contributed by atoms with Crippen LogP contribution in [0.3, 0.4) is 0 Å². The number of benzene rings is 1. The minimum Gasteiger partial charge on any atom is -0.465 e. The Bertz CT molecular complexity index is 1640. The maximum atomic E-state index is 13.8. The Morgan fingerprint density at radius 1 is 0.906 bits per heavy atom. The van der Waals surface area contributed by atoms with Gasteiger partial charge in [0.1, 0.15) is 0 Å². The van der Waals surface area contributed by atoms with Crippen molar-refractivity contribution >= 4 is 28.0 Å². The fraction of sp³-hybridized carbons (Fsp3) is 0.733. The Kier molecular flexibility index (Phi) is 9.98. The zero-order valence-corrected chi connectivity index (χ0v) is 34.8. The number of hydrogen-bond acceptors (Lipinski definition) is 6. The third kappa shape index (κ3) is 6.01. The Morgan fingerprint density at radius 3 is 2.21 bits per heavy atom. The highest BCUT2D eigenvalue weighted by Crippen LogP contribution is 2.77. The van der Waals surface area contributed by atoms with Gasteiger partial charge in [0, 0.05) is 38.6 Å². The molecule has 0 aromatic heterocycles. The van der Waals surface area contributed by atoms with Crippen molar-refractivity contribution in [2.24, 2.45) is 51.2 Å². The molecule has 0 bridgehead atoms. The summed E-state index contributed by atoms with van der Waals surface area (Å²) in [6, 6.07) is 8.05. The molecular formula is C45H68N2O5S. The number of fused-ring (bicyclic) bond motifs is 7. The lowest BCUT2D eigenvalue weighted by molar-refractivity contribution is -0.227. The molecule has 1 aromatic carbocycles. The van der Waals surface area contributed by atoms with Crippen molar-refractivity contribution in [3.63, 3.8) is 0 Å². The van der Waals surface area contributed by atoms with E-state index >= 15 is 0 Å². The quantitative estimate of drug-likeness (QED) is 0.213. The Morgan fingerprint density at radius 2 is 1.58 bits per heavy atom. The van der Waals surface area contributed by atoms with Gasteiger partial charge in [-0.2, -0.15) is 10.6 Å². The fourth-order valence-electron chi connectivity index (χ4n) is 14.5. The van der Waals surface area contributed by atoms with Crippen LogP contribution in [0.4, 0.5) is 0 Å². The molecule has 0 radical (unpaired) electrons. The molecule has 9 atom stereocenters. The second-order valence-electron chi connectivity index (χ2n) is 19.6. The van der Waals surface area contributed by atoms with Crippen molar-refractivity contribution in [2.75, 3.05) is 44.8 Å². The van der Waals surface area contributed by atoms with Crippen LogP contribution in [0.2, 0.25) is 0 Å². The van der Waals surface area contributed by atoms with Crippen LogP contribution in [0.15, 0.2) is 42.5 Å². The highest BCUT2D eigenvalue weighted by Gasteiger charge is 2.71. The molecule has 2 N–H and O–H groups in total. The van der Waals surface area contributed by atoms with Crippen molar-refractivity contribution < 1.29 is 23.4 Å². The normalized spacial score (nSPS) is 40.7. The predicted molar refractivity (Wildman–Crippen MR) is 217 cm³/mol. The first-order valence-electron chi connectivity index (χ1n) is 20.6. The van der Waals surface area contributed by atoms with E-state index in [1.54, 1.807) is 6.92 Å². The van der Waals surface area contributed by atoms with Gasteiger partial charge in [-0.3, -0.25) is 18.8 Å². The zero-order valence-electron chi connectivity index (χ0n) is 34.0. The molecular weight excluding hydrogens is 681 g/mol. The molecule has 4 saturated carbocycles. The number of amides is 1. The zero-order chi connectivity index (χ0) is 38.4. The third-order valence-electron chi connectivity index (χ3n) is 17.2. The van der Waals surface area contributed by atoms with Crippen LogP contribution < -0.4 is 0 Å². The molecule has 294 valence electrons. The van der Waals surface area contributed by atoms with Crippen LogP contribution in [-0.2, 0) is 9.53 Å². The molecule has 1 amide bonds. The van der Waals surface area contributed by atoms with Gasteiger partial charge in [-0.15, -0.1) is 0 Å². The van der Waals surface area contributed by atoms with E-state index < -0.39 is 10.6 Å². The monoisotopic (exact) mass is 748 g/mol. The number of nitrogens with zero attached hydrogens (tertiary/aromatic N) is 2. The van der Waals surface area contributed by atoms with Crippen molar-refractivity contribution in [1.29, 1.82) is 0 Å². The van der Waals surface area contributed by atoms with Crippen LogP contribution in [0.5, 0.6) is 0 Å². The van der Waals surface area contributed by atoms with Crippen LogP contribution in [0, 0.1) is 51.2 Å². The van der Waals surface area contributed by atoms with Crippen LogP contribution in [0.25, 0.3) is 5.57 Å². The average molecular weight is 749 g/mol. The first-order chi connectivity index (χ1) is 24.8. The number of esters is 1. The molecule has 53 heavy (non-hydrogen) atoms. The van der Waals surface area contributed by atoms with Crippen LogP contribution in [0.1, 0.15) is 122 Å². The van der Waals surface area contributed by atoms with Crippen molar-refractivity contribution in [3.05, 3.63) is 53.6 Å². The Balaban J connectivity index is 1.18. The van der Waals surface area contributed by atoms with Crippen LogP contribution >= 0.6 is 10.6 Å². The molecule has 1 aromatic rings. The third-order valence-corrected chi connectivity index (χ3v) is 18.9. The minimum atomic E-state index is -2.45. The maximum Gasteiger partial charge on any atom is 0.337 e. The summed E-state index contributed by atoms with van der Waals surface area (Å²) in [5.41, 5.74) is 4.96. The number of ether oxygens (including phenoxy) is 1. The summed E-state index contributed by atoms with van der Waals surface area (Å²) < 4.78 is 25.4. The summed E-state index contributed by atoms with van der Waals surface area (Å²) in [5, 5.41) is 0. The number of hydrogen-bond donors (Lipinski definition) is 2. The summed E-state index contributed by atoms with van der Waals surface area (Å²) in [7, 11) is -1.01. The van der Waals surface area contributed by atoms with Gasteiger partial charge >= 0.3 is 5.97 Å². The second kappa shape index (κ2) is 13.5. The molecule has 1 aliphatic heterocycles. The molecule has 0 spiro atoms. The largest absolute Gasteiger partial charge is 0.465 e. The molecule has 5 fully saturated rings. The van der Waals surface area contributed by atoms with E-state index in [2.05, 4.69) is 76.1 Å². The molecule has 6 aliphatic rings. The van der Waals surface area contributed by atoms with E-state index in [1.807, 2.05) is 12.1 Å². The highest BCUT2D eigenvalue weighted by atomic mass is 32.3. The van der Waals surface area contributed by atoms with Gasteiger partial charge in [-0.05, 0) is 139 Å². The van der Waals surface area contributed by atoms with E-state index in [4.69, 9.17) is 4.74 Å². The summed E-state index contributed by atoms with van der Waals surface area (Å²) in [4.78, 5) is 30.6. The number of carbonyl (C=O) groups is 2. The Hall–Kier alpha value is -2.13. The minimum absolute atomic E-state index is 0.00456. The summed E-state index contributed by atoms with van der Waals surface area (Å²) >= 11 is 0. The highest BCUT2D eigenvalue weighted by molar-refractivity contribution is 8.24. The SMILES string of the molecule is C=C(C)[C@@H]1CC[C@]2(N(CCN3CCS(O)(O)CC3)C(C)=O)CC[C@]3(C)[C@H](CC[C@@H]4[C@@]5(C)CC=C(c6ccc(C(=O)OC)cc6)C(C)(C)[C@@H]5CC[C@]43C)[C@@H]12. The lowest BCUT2D eigenvalue weighted by atomic mass is 9.33. The van der Waals surface area contributed by atoms with E-state index in [-0.39, 0.29) is 39.1 Å².